The lowest BCUT2D eigenvalue weighted by atomic mass is 9.82. The first-order valence-corrected chi connectivity index (χ1v) is 21.6. The minimum absolute atomic E-state index is 0.0739. The van der Waals surface area contributed by atoms with Crippen molar-refractivity contribution < 1.29 is 9.13 Å². The highest BCUT2D eigenvalue weighted by Crippen LogP contribution is 2.74. The third-order valence-electron chi connectivity index (χ3n) is 15.0. The van der Waals surface area contributed by atoms with Gasteiger partial charge >= 0.3 is 0 Å². The first-order chi connectivity index (χ1) is 28.2. The number of hydrogen-bond donors (Lipinski definition) is 0. The second-order valence-corrected chi connectivity index (χ2v) is 18.3. The van der Waals surface area contributed by atoms with Gasteiger partial charge in [-0.2, -0.15) is 9.13 Å². The standard InChI is InChI=1S/C55H53N3/c1-7-9-18-37-27-29-49-40-20-10-11-22-42(40)52-54(6,8-2)55(52,57(49)34-37)35-56-30-17-16-24-48(56)43-31-38(28-26-36(43)3)58-50-25-15-13-21-41(50)45-32-44-39-19-12-14-23-46(39)53(4,5)47(44)33-51(45)58/h10-17,19-34,52H,7-9,18,35H2,1-6H3/q+2. The van der Waals surface area contributed by atoms with Gasteiger partial charge in [0.2, 0.25) is 23.5 Å². The number of aryl methyl sites for hydroxylation is 2. The summed E-state index contributed by atoms with van der Waals surface area (Å²) in [5, 5.41) is 2.60. The van der Waals surface area contributed by atoms with Crippen molar-refractivity contribution in [2.45, 2.75) is 90.6 Å². The molecule has 0 radical (unpaired) electrons. The molecule has 4 heterocycles. The molecule has 0 bridgehead atoms. The van der Waals surface area contributed by atoms with Crippen LogP contribution in [0.4, 0.5) is 0 Å². The van der Waals surface area contributed by atoms with Crippen molar-refractivity contribution >= 4 is 21.8 Å². The molecule has 1 fully saturated rings. The van der Waals surface area contributed by atoms with Gasteiger partial charge in [-0.05, 0) is 108 Å². The van der Waals surface area contributed by atoms with Gasteiger partial charge in [0, 0.05) is 51.2 Å². The molecule has 0 saturated heterocycles. The highest BCUT2D eigenvalue weighted by atomic mass is 15.2. The van der Waals surface area contributed by atoms with Gasteiger partial charge in [0.15, 0.2) is 12.4 Å². The van der Waals surface area contributed by atoms with Crippen LogP contribution >= 0.6 is 0 Å². The third kappa shape index (κ3) is 4.68. The van der Waals surface area contributed by atoms with Crippen molar-refractivity contribution in [1.82, 2.24) is 4.57 Å². The maximum atomic E-state index is 2.73. The van der Waals surface area contributed by atoms with Crippen molar-refractivity contribution in [3.05, 3.63) is 174 Å². The smallest absolute Gasteiger partial charge is 0.239 e. The number of benzene rings is 5. The molecule has 3 aliphatic rings. The lowest BCUT2D eigenvalue weighted by Crippen LogP contribution is -2.60. The lowest BCUT2D eigenvalue weighted by molar-refractivity contribution is -0.809. The van der Waals surface area contributed by atoms with Gasteiger partial charge in [0.25, 0.3) is 0 Å². The molecule has 3 unspecified atom stereocenters. The van der Waals surface area contributed by atoms with Crippen molar-refractivity contribution in [2.24, 2.45) is 5.41 Å². The number of hydrogen-bond acceptors (Lipinski definition) is 0. The molecule has 5 aromatic carbocycles. The molecule has 2 aliphatic carbocycles. The zero-order valence-electron chi connectivity index (χ0n) is 34.8. The lowest BCUT2D eigenvalue weighted by Gasteiger charge is -2.23. The first-order valence-electron chi connectivity index (χ1n) is 21.6. The average Bonchev–Trinajstić information content (AvgIpc) is 3.52. The molecular weight excluding hydrogens is 703 g/mol. The Hall–Kier alpha value is -5.80. The number of unbranched alkanes of at least 4 members (excludes halogenated alkanes) is 1. The Balaban J connectivity index is 1.08. The molecule has 3 heteroatoms. The van der Waals surface area contributed by atoms with E-state index < -0.39 is 0 Å². The van der Waals surface area contributed by atoms with Crippen LogP contribution in [0, 0.1) is 12.3 Å². The predicted molar refractivity (Wildman–Crippen MR) is 239 cm³/mol. The Morgan fingerprint density at radius 2 is 1.41 bits per heavy atom. The van der Waals surface area contributed by atoms with Crippen LogP contribution in [0.25, 0.3) is 61.1 Å². The van der Waals surface area contributed by atoms with Gasteiger partial charge in [0.1, 0.15) is 0 Å². The van der Waals surface area contributed by atoms with E-state index in [1.165, 1.54) is 102 Å². The summed E-state index contributed by atoms with van der Waals surface area (Å²) >= 11 is 0. The molecule has 1 saturated carbocycles. The molecule has 0 spiro atoms. The van der Waals surface area contributed by atoms with E-state index in [1.54, 1.807) is 0 Å². The Kier molecular flexibility index (Phi) is 7.68. The molecular formula is C55H53N3+2. The van der Waals surface area contributed by atoms with E-state index in [-0.39, 0.29) is 16.4 Å². The summed E-state index contributed by atoms with van der Waals surface area (Å²) in [5.74, 6) is 0.433. The van der Waals surface area contributed by atoms with E-state index in [9.17, 15) is 0 Å². The summed E-state index contributed by atoms with van der Waals surface area (Å²) in [6.07, 6.45) is 9.53. The Morgan fingerprint density at radius 1 is 0.638 bits per heavy atom. The van der Waals surface area contributed by atoms with Crippen molar-refractivity contribution in [1.29, 1.82) is 0 Å². The van der Waals surface area contributed by atoms with E-state index in [4.69, 9.17) is 0 Å². The van der Waals surface area contributed by atoms with E-state index in [2.05, 4.69) is 201 Å². The molecule has 3 aromatic heterocycles. The summed E-state index contributed by atoms with van der Waals surface area (Å²) in [6, 6.07) is 50.9. The van der Waals surface area contributed by atoms with Crippen LogP contribution in [-0.2, 0) is 23.9 Å². The third-order valence-corrected chi connectivity index (χ3v) is 15.0. The minimum atomic E-state index is -0.0858. The first kappa shape index (κ1) is 35.4. The number of pyridine rings is 2. The van der Waals surface area contributed by atoms with E-state index in [0.717, 1.165) is 19.4 Å². The predicted octanol–water partition coefficient (Wildman–Crippen LogP) is 12.6. The molecule has 286 valence electrons. The van der Waals surface area contributed by atoms with Crippen LogP contribution in [0.15, 0.2) is 146 Å². The quantitative estimate of drug-likeness (QED) is 0.137. The normalized spacial score (nSPS) is 20.7. The van der Waals surface area contributed by atoms with Crippen LogP contribution < -0.4 is 9.13 Å². The SMILES string of the molecule is CCCCc1ccc2[n+](c1)C1(C[n+]3ccccc3-c3cc(-n4c5ccccc5c5cc6c(cc54)C(C)(C)c4ccccc4-6)ccc3C)C(c3ccccc3-2)C1(C)CC. The molecule has 3 atom stereocenters. The monoisotopic (exact) mass is 755 g/mol. The number of aromatic nitrogens is 3. The number of nitrogens with zero attached hydrogens (tertiary/aromatic N) is 3. The summed E-state index contributed by atoms with van der Waals surface area (Å²) in [7, 11) is 0. The molecule has 0 N–H and O–H groups in total. The topological polar surface area (TPSA) is 12.7 Å². The van der Waals surface area contributed by atoms with Crippen LogP contribution in [0.1, 0.15) is 87.6 Å². The van der Waals surface area contributed by atoms with Crippen molar-refractivity contribution in [3.8, 4) is 39.3 Å². The summed E-state index contributed by atoms with van der Waals surface area (Å²) in [5.41, 5.74) is 18.7. The molecule has 3 nitrogen and oxygen atoms in total. The highest BCUT2D eigenvalue weighted by Gasteiger charge is 2.85. The van der Waals surface area contributed by atoms with Crippen molar-refractivity contribution in [3.63, 3.8) is 0 Å². The molecule has 11 rings (SSSR count). The van der Waals surface area contributed by atoms with Crippen LogP contribution in [0.5, 0.6) is 0 Å². The second kappa shape index (κ2) is 12.6. The van der Waals surface area contributed by atoms with Gasteiger partial charge in [-0.3, -0.25) is 0 Å². The largest absolute Gasteiger partial charge is 0.309 e. The van der Waals surface area contributed by atoms with Crippen LogP contribution in [-0.4, -0.2) is 4.57 Å². The second-order valence-electron chi connectivity index (χ2n) is 18.3. The molecule has 58 heavy (non-hydrogen) atoms. The zero-order chi connectivity index (χ0) is 39.6. The van der Waals surface area contributed by atoms with Gasteiger partial charge in [0.05, 0.1) is 27.9 Å². The Bertz CT molecular complexity index is 2980. The summed E-state index contributed by atoms with van der Waals surface area (Å²) in [6.45, 7) is 15.2. The number of rotatable bonds is 8. The zero-order valence-corrected chi connectivity index (χ0v) is 34.8. The molecule has 0 amide bonds. The van der Waals surface area contributed by atoms with Crippen LogP contribution in [0.2, 0.25) is 0 Å². The van der Waals surface area contributed by atoms with Gasteiger partial charge in [-0.1, -0.05) is 108 Å². The van der Waals surface area contributed by atoms with Gasteiger partial charge in [-0.15, -0.1) is 0 Å². The van der Waals surface area contributed by atoms with E-state index >= 15 is 0 Å². The highest BCUT2D eigenvalue weighted by molar-refractivity contribution is 6.11. The summed E-state index contributed by atoms with van der Waals surface area (Å²) in [4.78, 5) is 0. The maximum absolute atomic E-state index is 2.73. The van der Waals surface area contributed by atoms with Gasteiger partial charge < -0.3 is 4.57 Å². The van der Waals surface area contributed by atoms with E-state index in [1.807, 2.05) is 0 Å². The summed E-state index contributed by atoms with van der Waals surface area (Å²) < 4.78 is 7.84. The number of fused-ring (bicyclic) bond motifs is 12. The average molecular weight is 756 g/mol. The van der Waals surface area contributed by atoms with Crippen molar-refractivity contribution in [2.75, 3.05) is 0 Å². The fourth-order valence-electron chi connectivity index (χ4n) is 11.8. The van der Waals surface area contributed by atoms with Crippen LogP contribution in [0.3, 0.4) is 0 Å². The number of para-hydroxylation sites is 1. The van der Waals surface area contributed by atoms with Gasteiger partial charge in [-0.25, -0.2) is 0 Å². The molecule has 1 aliphatic heterocycles. The maximum Gasteiger partial charge on any atom is 0.239 e. The minimum Gasteiger partial charge on any atom is -0.309 e. The fraction of sp³-hybridized carbons (Fsp3) is 0.273. The molecule has 8 aromatic rings. The Morgan fingerprint density at radius 3 is 2.26 bits per heavy atom. The Labute approximate surface area is 343 Å². The van der Waals surface area contributed by atoms with E-state index in [0.29, 0.717) is 5.92 Å². The fourth-order valence-corrected chi connectivity index (χ4v) is 11.8.